The zero-order chi connectivity index (χ0) is 20.4. The predicted octanol–water partition coefficient (Wildman–Crippen LogP) is 5.71. The van der Waals surface area contributed by atoms with Crippen molar-refractivity contribution in [3.8, 4) is 0 Å². The first-order chi connectivity index (χ1) is 13.8. The zero-order valence-corrected chi connectivity index (χ0v) is 18.7. The highest BCUT2D eigenvalue weighted by molar-refractivity contribution is 5.16. The van der Waals surface area contributed by atoms with Gasteiger partial charge in [-0.25, -0.2) is 0 Å². The van der Waals surface area contributed by atoms with Crippen molar-refractivity contribution in [3.05, 3.63) is 30.6 Å². The molecule has 29 heavy (non-hydrogen) atoms. The van der Waals surface area contributed by atoms with Gasteiger partial charge in [-0.3, -0.25) is 4.68 Å². The number of nitrogens with zero attached hydrogens (tertiary/aromatic N) is 2. The highest BCUT2D eigenvalue weighted by Crippen LogP contribution is 2.65. The van der Waals surface area contributed by atoms with Crippen molar-refractivity contribution in [1.29, 1.82) is 0 Å². The van der Waals surface area contributed by atoms with E-state index in [1.54, 1.807) is 0 Å². The minimum Gasteiger partial charge on any atom is -0.390 e. The van der Waals surface area contributed by atoms with E-state index in [1.165, 1.54) is 50.5 Å². The number of aromatic nitrogens is 2. The number of fused-ring (bicyclic) bond motifs is 5. The Morgan fingerprint density at radius 2 is 1.97 bits per heavy atom. The van der Waals surface area contributed by atoms with Gasteiger partial charge in [0.15, 0.2) is 0 Å². The third-order valence-electron chi connectivity index (χ3n) is 10.3. The summed E-state index contributed by atoms with van der Waals surface area (Å²) in [5.74, 6) is 5.41. The number of rotatable bonds is 3. The van der Waals surface area contributed by atoms with E-state index in [4.69, 9.17) is 0 Å². The second-order valence-corrected chi connectivity index (χ2v) is 11.7. The molecule has 1 heterocycles. The standard InChI is InChI=1S/C26H40N2O/c1-17(16-28-13-5-12-27-28)23-8-9-24-21-7-6-19-15-26(4,29)18(2)14-22(19)20(21)10-11-25(23,24)3/h5,12-13,18-24,29H,1,6-11,14-16H2,2-4H3/t18-,19+,20+,21-,22+,23-,24+,25-,26+/m1/s1. The molecule has 4 fully saturated rings. The van der Waals surface area contributed by atoms with Crippen molar-refractivity contribution in [2.24, 2.45) is 46.8 Å². The smallest absolute Gasteiger partial charge is 0.0648 e. The summed E-state index contributed by atoms with van der Waals surface area (Å²) in [6.45, 7) is 12.4. The van der Waals surface area contributed by atoms with Crippen molar-refractivity contribution in [1.82, 2.24) is 9.78 Å². The van der Waals surface area contributed by atoms with E-state index in [-0.39, 0.29) is 0 Å². The Hall–Kier alpha value is -1.09. The van der Waals surface area contributed by atoms with Crippen LogP contribution < -0.4 is 0 Å². The third kappa shape index (κ3) is 3.14. The van der Waals surface area contributed by atoms with Crippen LogP contribution in [0, 0.1) is 46.8 Å². The summed E-state index contributed by atoms with van der Waals surface area (Å²) >= 11 is 0. The Balaban J connectivity index is 1.33. The lowest BCUT2D eigenvalue weighted by Gasteiger charge is -2.58. The van der Waals surface area contributed by atoms with Gasteiger partial charge in [0.05, 0.1) is 12.1 Å². The molecule has 0 radical (unpaired) electrons. The molecule has 9 atom stereocenters. The SMILES string of the molecule is C=C(Cn1cccn1)[C@H]1CC[C@H]2[C@@H]3CC[C@H]4C[C@](C)(O)[C@H](C)C[C@@H]4[C@H]3CC[C@]12C. The normalized spacial score (nSPS) is 49.2. The lowest BCUT2D eigenvalue weighted by Crippen LogP contribution is -2.52. The summed E-state index contributed by atoms with van der Waals surface area (Å²) in [5, 5.41) is 15.3. The molecule has 1 N–H and O–H groups in total. The van der Waals surface area contributed by atoms with Crippen molar-refractivity contribution in [3.63, 3.8) is 0 Å². The molecule has 0 unspecified atom stereocenters. The van der Waals surface area contributed by atoms with Crippen LogP contribution in [0.5, 0.6) is 0 Å². The Labute approximate surface area is 177 Å². The molecule has 1 aromatic heterocycles. The Bertz CT molecular complexity index is 753. The van der Waals surface area contributed by atoms with Gasteiger partial charge >= 0.3 is 0 Å². The molecule has 4 saturated carbocycles. The van der Waals surface area contributed by atoms with Crippen LogP contribution in [-0.2, 0) is 6.54 Å². The Kier molecular flexibility index (Phi) is 4.77. The highest BCUT2D eigenvalue weighted by atomic mass is 16.3. The second-order valence-electron chi connectivity index (χ2n) is 11.7. The first kappa shape index (κ1) is 19.8. The number of allylic oxidation sites excluding steroid dienone is 1. The Morgan fingerprint density at radius 1 is 1.14 bits per heavy atom. The van der Waals surface area contributed by atoms with Crippen molar-refractivity contribution >= 4 is 0 Å². The van der Waals surface area contributed by atoms with E-state index < -0.39 is 5.60 Å². The largest absolute Gasteiger partial charge is 0.390 e. The molecule has 5 rings (SSSR count). The molecule has 3 heteroatoms. The van der Waals surface area contributed by atoms with Gasteiger partial charge in [-0.2, -0.15) is 5.10 Å². The van der Waals surface area contributed by atoms with Crippen LogP contribution in [0.1, 0.15) is 72.1 Å². The van der Waals surface area contributed by atoms with Crippen LogP contribution in [0.15, 0.2) is 30.6 Å². The minimum atomic E-state index is -0.445. The fourth-order valence-electron chi connectivity index (χ4n) is 8.63. The van der Waals surface area contributed by atoms with E-state index in [0.717, 1.165) is 42.6 Å². The third-order valence-corrected chi connectivity index (χ3v) is 10.3. The van der Waals surface area contributed by atoms with Crippen molar-refractivity contribution in [2.75, 3.05) is 0 Å². The number of aliphatic hydroxyl groups is 1. The summed E-state index contributed by atoms with van der Waals surface area (Å²) in [4.78, 5) is 0. The van der Waals surface area contributed by atoms with E-state index in [2.05, 4.69) is 38.6 Å². The first-order valence-electron chi connectivity index (χ1n) is 12.2. The first-order valence-corrected chi connectivity index (χ1v) is 12.2. The van der Waals surface area contributed by atoms with Gasteiger partial charge in [-0.1, -0.05) is 26.0 Å². The van der Waals surface area contributed by atoms with E-state index >= 15 is 0 Å². The lowest BCUT2D eigenvalue weighted by molar-refractivity contribution is -0.121. The number of hydrogen-bond acceptors (Lipinski definition) is 2. The van der Waals surface area contributed by atoms with Gasteiger partial charge in [0, 0.05) is 12.4 Å². The molecule has 1 aromatic rings. The van der Waals surface area contributed by atoms with E-state index in [9.17, 15) is 5.11 Å². The maximum absolute atomic E-state index is 10.9. The van der Waals surface area contributed by atoms with Crippen LogP contribution >= 0.6 is 0 Å². The van der Waals surface area contributed by atoms with Crippen LogP contribution in [0.4, 0.5) is 0 Å². The molecule has 0 aromatic carbocycles. The van der Waals surface area contributed by atoms with Gasteiger partial charge in [0.25, 0.3) is 0 Å². The monoisotopic (exact) mass is 396 g/mol. The minimum absolute atomic E-state index is 0.435. The molecule has 4 aliphatic rings. The molecule has 3 nitrogen and oxygen atoms in total. The molecular formula is C26H40N2O. The maximum atomic E-state index is 10.9. The second kappa shape index (κ2) is 6.97. The van der Waals surface area contributed by atoms with Crippen LogP contribution in [0.25, 0.3) is 0 Å². The number of hydrogen-bond donors (Lipinski definition) is 1. The van der Waals surface area contributed by atoms with E-state index in [1.807, 2.05) is 16.9 Å². The van der Waals surface area contributed by atoms with Crippen LogP contribution in [0.3, 0.4) is 0 Å². The Morgan fingerprint density at radius 3 is 2.72 bits per heavy atom. The van der Waals surface area contributed by atoms with Gasteiger partial charge < -0.3 is 5.11 Å². The fourth-order valence-corrected chi connectivity index (χ4v) is 8.63. The molecule has 0 amide bonds. The molecular weight excluding hydrogens is 356 g/mol. The molecule has 0 bridgehead atoms. The maximum Gasteiger partial charge on any atom is 0.0648 e. The average molecular weight is 397 g/mol. The summed E-state index contributed by atoms with van der Waals surface area (Å²) in [6.07, 6.45) is 14.5. The fraction of sp³-hybridized carbons (Fsp3) is 0.808. The van der Waals surface area contributed by atoms with Crippen LogP contribution in [-0.4, -0.2) is 20.5 Å². The van der Waals surface area contributed by atoms with E-state index in [0.29, 0.717) is 17.3 Å². The van der Waals surface area contributed by atoms with Crippen molar-refractivity contribution < 1.29 is 5.11 Å². The average Bonchev–Trinajstić information content (AvgIpc) is 3.29. The molecule has 160 valence electrons. The molecule has 0 aliphatic heterocycles. The molecule has 0 saturated heterocycles. The highest BCUT2D eigenvalue weighted by Gasteiger charge is 2.58. The van der Waals surface area contributed by atoms with Gasteiger partial charge in [0.1, 0.15) is 0 Å². The van der Waals surface area contributed by atoms with Gasteiger partial charge in [-0.05, 0) is 111 Å². The molecule has 4 aliphatic carbocycles. The molecule has 0 spiro atoms. The van der Waals surface area contributed by atoms with Gasteiger partial charge in [0.2, 0.25) is 0 Å². The van der Waals surface area contributed by atoms with Gasteiger partial charge in [-0.15, -0.1) is 0 Å². The summed E-state index contributed by atoms with van der Waals surface area (Å²) < 4.78 is 2.05. The van der Waals surface area contributed by atoms with Crippen molar-refractivity contribution in [2.45, 2.75) is 84.3 Å². The summed E-state index contributed by atoms with van der Waals surface area (Å²) in [7, 11) is 0. The quantitative estimate of drug-likeness (QED) is 0.665. The van der Waals surface area contributed by atoms with Crippen LogP contribution in [0.2, 0.25) is 0 Å². The zero-order valence-electron chi connectivity index (χ0n) is 18.7. The summed E-state index contributed by atoms with van der Waals surface area (Å²) in [5.41, 5.74) is 1.39. The summed E-state index contributed by atoms with van der Waals surface area (Å²) in [6, 6.07) is 2.01. The predicted molar refractivity (Wildman–Crippen MR) is 117 cm³/mol. The lowest BCUT2D eigenvalue weighted by atomic mass is 9.48. The topological polar surface area (TPSA) is 38.0 Å².